The summed E-state index contributed by atoms with van der Waals surface area (Å²) in [6.45, 7) is 3.30. The summed E-state index contributed by atoms with van der Waals surface area (Å²) in [5.74, 6) is 0.273. The largest absolute Gasteiger partial charge is 0.229 e. The van der Waals surface area contributed by atoms with Gasteiger partial charge in [0.05, 0.1) is 5.75 Å². The van der Waals surface area contributed by atoms with E-state index in [0.717, 1.165) is 0 Å². The maximum absolute atomic E-state index is 10.7. The minimum Gasteiger partial charge on any atom is -0.229 e. The molecule has 0 amide bonds. The fraction of sp³-hybridized carbons (Fsp3) is 1.00. The highest BCUT2D eigenvalue weighted by molar-refractivity contribution is 7.91. The first kappa shape index (κ1) is 9.24. The average molecular weight is 171 g/mol. The molecule has 0 fully saturated rings. The maximum atomic E-state index is 10.7. The Balaban J connectivity index is 3.90. The van der Waals surface area contributed by atoms with Crippen molar-refractivity contribution in [3.63, 3.8) is 0 Å². The first-order valence-corrected chi connectivity index (χ1v) is 5.08. The summed E-state index contributed by atoms with van der Waals surface area (Å²) < 4.78 is 21.5. The molecule has 0 saturated heterocycles. The first-order valence-electron chi connectivity index (χ1n) is 2.82. The fourth-order valence-electron chi connectivity index (χ4n) is 0.468. The molecule has 0 aliphatic carbocycles. The van der Waals surface area contributed by atoms with Crippen molar-refractivity contribution in [1.29, 1.82) is 0 Å². The molecule has 0 aliphatic heterocycles. The summed E-state index contributed by atoms with van der Waals surface area (Å²) in [6, 6.07) is 0. The molecule has 2 nitrogen and oxygen atoms in total. The van der Waals surface area contributed by atoms with Crippen molar-refractivity contribution in [2.75, 3.05) is 11.5 Å². The second-order valence-corrected chi connectivity index (χ2v) is 5.12. The molecule has 0 saturated carbocycles. The van der Waals surface area contributed by atoms with Gasteiger partial charge in [-0.3, -0.25) is 0 Å². The lowest BCUT2D eigenvalue weighted by Crippen LogP contribution is -2.15. The lowest BCUT2D eigenvalue weighted by molar-refractivity contribution is 0.596. The van der Waals surface area contributed by atoms with E-state index in [4.69, 9.17) is 11.6 Å². The van der Waals surface area contributed by atoms with Crippen LogP contribution in [0.1, 0.15) is 13.8 Å². The molecule has 0 radical (unpaired) electrons. The van der Waals surface area contributed by atoms with Gasteiger partial charge in [0.25, 0.3) is 0 Å². The van der Waals surface area contributed by atoms with Gasteiger partial charge in [-0.05, 0) is 6.92 Å². The molecule has 0 aromatic heterocycles. The molecule has 0 rings (SSSR count). The molecule has 4 heteroatoms. The Hall–Kier alpha value is 0.240. The molecule has 0 spiro atoms. The van der Waals surface area contributed by atoms with Crippen molar-refractivity contribution in [2.24, 2.45) is 0 Å². The van der Waals surface area contributed by atoms with Crippen LogP contribution in [0.15, 0.2) is 0 Å². The van der Waals surface area contributed by atoms with Gasteiger partial charge in [0.1, 0.15) is 0 Å². The van der Waals surface area contributed by atoms with Crippen LogP contribution in [0, 0.1) is 0 Å². The zero-order chi connectivity index (χ0) is 7.49. The van der Waals surface area contributed by atoms with E-state index in [1.54, 1.807) is 13.8 Å². The number of rotatable bonds is 3. The van der Waals surface area contributed by atoms with Crippen LogP contribution in [-0.2, 0) is 9.84 Å². The number of alkyl halides is 1. The summed E-state index contributed by atoms with van der Waals surface area (Å²) in [5.41, 5.74) is 0. The van der Waals surface area contributed by atoms with E-state index in [1.807, 2.05) is 0 Å². The Labute approximate surface area is 61.1 Å². The van der Waals surface area contributed by atoms with Crippen molar-refractivity contribution in [2.45, 2.75) is 19.2 Å². The minimum atomic E-state index is -2.85. The highest BCUT2D eigenvalue weighted by Crippen LogP contribution is 1.99. The molecule has 0 aromatic carbocycles. The van der Waals surface area contributed by atoms with E-state index in [9.17, 15) is 8.42 Å². The van der Waals surface area contributed by atoms with E-state index in [1.165, 1.54) is 0 Å². The van der Waals surface area contributed by atoms with E-state index < -0.39 is 9.84 Å². The molecular formula is C5H11ClO2S. The Morgan fingerprint density at radius 2 is 2.00 bits per heavy atom. The smallest absolute Gasteiger partial charge is 0.151 e. The SMILES string of the molecule is CCS(=O)(=O)CC(C)Cl. The molecule has 0 heterocycles. The molecule has 0 aliphatic rings. The van der Waals surface area contributed by atoms with E-state index in [2.05, 4.69) is 0 Å². The van der Waals surface area contributed by atoms with Crippen molar-refractivity contribution in [3.8, 4) is 0 Å². The first-order chi connectivity index (χ1) is 3.98. The van der Waals surface area contributed by atoms with Gasteiger partial charge in [-0.2, -0.15) is 0 Å². The van der Waals surface area contributed by atoms with Crippen LogP contribution in [0.25, 0.3) is 0 Å². The lowest BCUT2D eigenvalue weighted by Gasteiger charge is -2.00. The molecule has 0 N–H and O–H groups in total. The third-order valence-corrected chi connectivity index (χ3v) is 3.15. The monoisotopic (exact) mass is 170 g/mol. The summed E-state index contributed by atoms with van der Waals surface area (Å²) >= 11 is 5.46. The van der Waals surface area contributed by atoms with Crippen LogP contribution >= 0.6 is 11.6 Å². The average Bonchev–Trinajstić information content (AvgIpc) is 1.63. The number of sulfone groups is 1. The van der Waals surface area contributed by atoms with Gasteiger partial charge in [0.15, 0.2) is 9.84 Å². The summed E-state index contributed by atoms with van der Waals surface area (Å²) in [4.78, 5) is 0. The van der Waals surface area contributed by atoms with E-state index >= 15 is 0 Å². The molecule has 9 heavy (non-hydrogen) atoms. The second-order valence-electron chi connectivity index (χ2n) is 1.98. The number of halogens is 1. The Morgan fingerprint density at radius 1 is 1.56 bits per heavy atom. The number of hydrogen-bond acceptors (Lipinski definition) is 2. The van der Waals surface area contributed by atoms with E-state index in [0.29, 0.717) is 0 Å². The van der Waals surface area contributed by atoms with Gasteiger partial charge in [-0.1, -0.05) is 6.92 Å². The maximum Gasteiger partial charge on any atom is 0.151 e. The standard InChI is InChI=1S/C5H11ClO2S/c1-3-9(7,8)4-5(2)6/h5H,3-4H2,1-2H3. The van der Waals surface area contributed by atoms with Gasteiger partial charge in [-0.25, -0.2) is 8.42 Å². The van der Waals surface area contributed by atoms with Crippen LogP contribution in [0.3, 0.4) is 0 Å². The molecule has 1 atom stereocenters. The quantitative estimate of drug-likeness (QED) is 0.594. The van der Waals surface area contributed by atoms with Gasteiger partial charge in [0.2, 0.25) is 0 Å². The third kappa shape index (κ3) is 4.73. The van der Waals surface area contributed by atoms with Crippen molar-refractivity contribution >= 4 is 21.4 Å². The lowest BCUT2D eigenvalue weighted by atomic mass is 10.6. The normalized spacial score (nSPS) is 15.4. The second kappa shape index (κ2) is 3.42. The summed E-state index contributed by atoms with van der Waals surface area (Å²) in [5, 5.41) is -0.269. The molecule has 56 valence electrons. The third-order valence-electron chi connectivity index (χ3n) is 0.923. The Kier molecular flexibility index (Phi) is 3.51. The van der Waals surface area contributed by atoms with Gasteiger partial charge in [0, 0.05) is 11.1 Å². The van der Waals surface area contributed by atoms with Crippen LogP contribution in [-0.4, -0.2) is 25.3 Å². The van der Waals surface area contributed by atoms with Crippen molar-refractivity contribution < 1.29 is 8.42 Å². The van der Waals surface area contributed by atoms with Crippen LogP contribution in [0.5, 0.6) is 0 Å². The van der Waals surface area contributed by atoms with Gasteiger partial charge < -0.3 is 0 Å². The minimum absolute atomic E-state index is 0.0883. The van der Waals surface area contributed by atoms with Gasteiger partial charge in [-0.15, -0.1) is 11.6 Å². The zero-order valence-corrected chi connectivity index (χ0v) is 7.17. The topological polar surface area (TPSA) is 34.1 Å². The van der Waals surface area contributed by atoms with Crippen LogP contribution in [0.4, 0.5) is 0 Å². The van der Waals surface area contributed by atoms with Crippen LogP contribution < -0.4 is 0 Å². The van der Waals surface area contributed by atoms with E-state index in [-0.39, 0.29) is 16.9 Å². The fourth-order valence-corrected chi connectivity index (χ4v) is 1.98. The zero-order valence-electron chi connectivity index (χ0n) is 5.59. The van der Waals surface area contributed by atoms with Crippen LogP contribution in [0.2, 0.25) is 0 Å². The van der Waals surface area contributed by atoms with Gasteiger partial charge >= 0.3 is 0 Å². The van der Waals surface area contributed by atoms with Crippen molar-refractivity contribution in [3.05, 3.63) is 0 Å². The molecule has 0 bridgehead atoms. The summed E-state index contributed by atoms with van der Waals surface area (Å²) in [7, 11) is -2.85. The highest BCUT2D eigenvalue weighted by Gasteiger charge is 2.10. The van der Waals surface area contributed by atoms with Crippen molar-refractivity contribution in [1.82, 2.24) is 0 Å². The predicted molar refractivity (Wildman–Crippen MR) is 39.6 cm³/mol. The predicted octanol–water partition coefficient (Wildman–Crippen LogP) is 1.05. The Bertz CT molecular complexity index is 160. The molecule has 1 unspecified atom stereocenters. The molecular weight excluding hydrogens is 160 g/mol. The molecule has 0 aromatic rings. The summed E-state index contributed by atoms with van der Waals surface area (Å²) in [6.07, 6.45) is 0. The highest BCUT2D eigenvalue weighted by atomic mass is 35.5. The Morgan fingerprint density at radius 3 is 2.11 bits per heavy atom. The number of hydrogen-bond donors (Lipinski definition) is 0.